The summed E-state index contributed by atoms with van der Waals surface area (Å²) in [5.41, 5.74) is 0.749. The second-order valence-corrected chi connectivity index (χ2v) is 3.13. The lowest BCUT2D eigenvalue weighted by molar-refractivity contribution is -0.114. The molecule has 1 aromatic rings. The van der Waals surface area contributed by atoms with Crippen molar-refractivity contribution >= 4 is 11.6 Å². The van der Waals surface area contributed by atoms with Gasteiger partial charge in [0.1, 0.15) is 5.75 Å². The van der Waals surface area contributed by atoms with E-state index in [2.05, 4.69) is 11.9 Å². The number of rotatable bonds is 5. The van der Waals surface area contributed by atoms with Gasteiger partial charge in [-0.15, -0.1) is 6.58 Å². The Morgan fingerprint density at radius 3 is 3.07 bits per heavy atom. The van der Waals surface area contributed by atoms with Crippen molar-refractivity contribution in [3.63, 3.8) is 0 Å². The zero-order valence-electron chi connectivity index (χ0n) is 8.82. The first-order valence-corrected chi connectivity index (χ1v) is 4.83. The van der Waals surface area contributed by atoms with Crippen molar-refractivity contribution < 1.29 is 9.53 Å². The predicted octanol–water partition coefficient (Wildman–Crippen LogP) is 2.60. The van der Waals surface area contributed by atoms with Gasteiger partial charge in [-0.05, 0) is 18.6 Å². The fraction of sp³-hybridized carbons (Fsp3) is 0.250. The highest BCUT2D eigenvalue weighted by molar-refractivity contribution is 5.88. The molecule has 0 radical (unpaired) electrons. The van der Waals surface area contributed by atoms with Gasteiger partial charge in [-0.3, -0.25) is 4.79 Å². The number of benzene rings is 1. The van der Waals surface area contributed by atoms with E-state index in [1.165, 1.54) is 6.92 Å². The molecular formula is C12H15NO2. The molecule has 0 atom stereocenters. The molecule has 0 spiro atoms. The van der Waals surface area contributed by atoms with Gasteiger partial charge in [0.15, 0.2) is 0 Å². The van der Waals surface area contributed by atoms with E-state index in [4.69, 9.17) is 4.74 Å². The van der Waals surface area contributed by atoms with Crippen molar-refractivity contribution in [1.29, 1.82) is 0 Å². The highest BCUT2D eigenvalue weighted by atomic mass is 16.5. The highest BCUT2D eigenvalue weighted by Crippen LogP contribution is 2.17. The van der Waals surface area contributed by atoms with Crippen LogP contribution in [-0.4, -0.2) is 12.5 Å². The van der Waals surface area contributed by atoms with Crippen LogP contribution >= 0.6 is 0 Å². The molecule has 0 unspecified atom stereocenters. The van der Waals surface area contributed by atoms with Crippen LogP contribution in [0.15, 0.2) is 36.9 Å². The fourth-order valence-electron chi connectivity index (χ4n) is 1.13. The maximum atomic E-state index is 10.8. The lowest BCUT2D eigenvalue weighted by atomic mass is 10.3. The number of hydrogen-bond donors (Lipinski definition) is 1. The molecule has 3 heteroatoms. The Balaban J connectivity index is 2.57. The quantitative estimate of drug-likeness (QED) is 0.592. The summed E-state index contributed by atoms with van der Waals surface area (Å²) in [5.74, 6) is 0.668. The van der Waals surface area contributed by atoms with Gasteiger partial charge in [-0.2, -0.15) is 0 Å². The Bertz CT molecular complexity index is 347. The van der Waals surface area contributed by atoms with Gasteiger partial charge < -0.3 is 10.1 Å². The summed E-state index contributed by atoms with van der Waals surface area (Å²) < 4.78 is 5.45. The van der Waals surface area contributed by atoms with E-state index in [1.807, 2.05) is 18.2 Å². The van der Waals surface area contributed by atoms with Crippen LogP contribution in [-0.2, 0) is 4.79 Å². The highest BCUT2D eigenvalue weighted by Gasteiger charge is 1.97. The Hall–Kier alpha value is -1.77. The summed E-state index contributed by atoms with van der Waals surface area (Å²) in [7, 11) is 0. The normalized spacial score (nSPS) is 9.40. The smallest absolute Gasteiger partial charge is 0.221 e. The number of carbonyl (C=O) groups excluding carboxylic acids is 1. The topological polar surface area (TPSA) is 38.3 Å². The molecule has 0 saturated carbocycles. The number of anilines is 1. The average Bonchev–Trinajstić information content (AvgIpc) is 2.18. The Morgan fingerprint density at radius 1 is 1.60 bits per heavy atom. The molecule has 0 heterocycles. The largest absolute Gasteiger partial charge is 0.493 e. The van der Waals surface area contributed by atoms with Crippen molar-refractivity contribution in [3.05, 3.63) is 36.9 Å². The minimum Gasteiger partial charge on any atom is -0.493 e. The van der Waals surface area contributed by atoms with Crippen LogP contribution in [0, 0.1) is 0 Å². The van der Waals surface area contributed by atoms with Crippen molar-refractivity contribution in [2.45, 2.75) is 13.3 Å². The molecule has 0 aliphatic carbocycles. The molecule has 0 fully saturated rings. The molecule has 0 aliphatic rings. The predicted molar refractivity (Wildman–Crippen MR) is 61.1 cm³/mol. The van der Waals surface area contributed by atoms with Crippen molar-refractivity contribution in [3.8, 4) is 5.75 Å². The first kappa shape index (κ1) is 11.3. The number of carbonyl (C=O) groups is 1. The average molecular weight is 205 g/mol. The maximum absolute atomic E-state index is 10.8. The minimum atomic E-state index is -0.0850. The van der Waals surface area contributed by atoms with E-state index in [9.17, 15) is 4.79 Å². The molecule has 80 valence electrons. The van der Waals surface area contributed by atoms with Crippen LogP contribution in [0.4, 0.5) is 5.69 Å². The standard InChI is InChI=1S/C12H15NO2/c1-3-4-8-15-12-7-5-6-11(9-12)13-10(2)14/h3,5-7,9H,1,4,8H2,2H3,(H,13,14). The molecular weight excluding hydrogens is 190 g/mol. The lowest BCUT2D eigenvalue weighted by Crippen LogP contribution is -2.05. The van der Waals surface area contributed by atoms with Gasteiger partial charge in [0.05, 0.1) is 6.61 Å². The van der Waals surface area contributed by atoms with Gasteiger partial charge in [0, 0.05) is 18.7 Å². The van der Waals surface area contributed by atoms with E-state index in [1.54, 1.807) is 12.1 Å². The van der Waals surface area contributed by atoms with Gasteiger partial charge in [-0.25, -0.2) is 0 Å². The summed E-state index contributed by atoms with van der Waals surface area (Å²) in [6.45, 7) is 5.69. The molecule has 0 bridgehead atoms. The number of nitrogens with one attached hydrogen (secondary N) is 1. The van der Waals surface area contributed by atoms with E-state index in [0.717, 1.165) is 17.9 Å². The number of ether oxygens (including phenoxy) is 1. The summed E-state index contributed by atoms with van der Waals surface area (Å²) in [4.78, 5) is 10.8. The molecule has 1 rings (SSSR count). The maximum Gasteiger partial charge on any atom is 0.221 e. The van der Waals surface area contributed by atoms with Crippen molar-refractivity contribution in [1.82, 2.24) is 0 Å². The van der Waals surface area contributed by atoms with Crippen LogP contribution in [0.5, 0.6) is 5.75 Å². The zero-order valence-corrected chi connectivity index (χ0v) is 8.82. The molecule has 1 N–H and O–H groups in total. The Labute approximate surface area is 89.8 Å². The van der Waals surface area contributed by atoms with E-state index in [0.29, 0.717) is 6.61 Å². The van der Waals surface area contributed by atoms with Crippen LogP contribution in [0.3, 0.4) is 0 Å². The van der Waals surface area contributed by atoms with Crippen molar-refractivity contribution in [2.75, 3.05) is 11.9 Å². The summed E-state index contributed by atoms with van der Waals surface area (Å²) in [6, 6.07) is 7.31. The summed E-state index contributed by atoms with van der Waals surface area (Å²) in [6.07, 6.45) is 2.61. The molecule has 0 aromatic heterocycles. The van der Waals surface area contributed by atoms with Gasteiger partial charge in [0.25, 0.3) is 0 Å². The summed E-state index contributed by atoms with van der Waals surface area (Å²) >= 11 is 0. The molecule has 0 aliphatic heterocycles. The molecule has 15 heavy (non-hydrogen) atoms. The van der Waals surface area contributed by atoms with Crippen LogP contribution < -0.4 is 10.1 Å². The van der Waals surface area contributed by atoms with E-state index in [-0.39, 0.29) is 5.91 Å². The van der Waals surface area contributed by atoms with E-state index >= 15 is 0 Å². The monoisotopic (exact) mass is 205 g/mol. The molecule has 1 amide bonds. The second-order valence-electron chi connectivity index (χ2n) is 3.13. The van der Waals surface area contributed by atoms with Crippen LogP contribution in [0.2, 0.25) is 0 Å². The van der Waals surface area contributed by atoms with Crippen LogP contribution in [0.25, 0.3) is 0 Å². The first-order valence-electron chi connectivity index (χ1n) is 4.83. The fourth-order valence-corrected chi connectivity index (χ4v) is 1.13. The zero-order chi connectivity index (χ0) is 11.1. The van der Waals surface area contributed by atoms with Crippen molar-refractivity contribution in [2.24, 2.45) is 0 Å². The SMILES string of the molecule is C=CCCOc1cccc(NC(C)=O)c1. The molecule has 1 aromatic carbocycles. The molecule has 0 saturated heterocycles. The van der Waals surface area contributed by atoms with Gasteiger partial charge in [0.2, 0.25) is 5.91 Å². The first-order chi connectivity index (χ1) is 7.22. The number of hydrogen-bond acceptors (Lipinski definition) is 2. The van der Waals surface area contributed by atoms with Crippen LogP contribution in [0.1, 0.15) is 13.3 Å². The Morgan fingerprint density at radius 2 is 2.40 bits per heavy atom. The minimum absolute atomic E-state index is 0.0850. The summed E-state index contributed by atoms with van der Waals surface area (Å²) in [5, 5.41) is 2.70. The van der Waals surface area contributed by atoms with E-state index < -0.39 is 0 Å². The molecule has 3 nitrogen and oxygen atoms in total. The van der Waals surface area contributed by atoms with Gasteiger partial charge >= 0.3 is 0 Å². The lowest BCUT2D eigenvalue weighted by Gasteiger charge is -2.07. The Kier molecular flexibility index (Phi) is 4.41. The van der Waals surface area contributed by atoms with Gasteiger partial charge in [-0.1, -0.05) is 12.1 Å². The third-order valence-electron chi connectivity index (χ3n) is 1.75. The third-order valence-corrected chi connectivity index (χ3v) is 1.75. The number of amides is 1. The second kappa shape index (κ2) is 5.86. The third kappa shape index (κ3) is 4.31.